The van der Waals surface area contributed by atoms with Crippen LogP contribution < -0.4 is 5.32 Å². The Balaban J connectivity index is 1.82. The summed E-state index contributed by atoms with van der Waals surface area (Å²) in [5.41, 5.74) is 3.25. The Kier molecular flexibility index (Phi) is 5.07. The van der Waals surface area contributed by atoms with Crippen molar-refractivity contribution in [2.75, 3.05) is 6.54 Å². The largest absolute Gasteiger partial charge is 0.351 e. The highest BCUT2D eigenvalue weighted by Gasteiger charge is 2.31. The van der Waals surface area contributed by atoms with E-state index in [-0.39, 0.29) is 17.9 Å². The number of carbonyl (C=O) groups excluding carboxylic acids is 2. The SMILES string of the molecule is CC(=O)NCc1cc([C@@H]2CCCN2C(=O)c2ncccc2C)ccn1. The molecule has 1 aliphatic heterocycles. The van der Waals surface area contributed by atoms with E-state index in [1.807, 2.05) is 36.1 Å². The molecule has 3 heterocycles. The lowest BCUT2D eigenvalue weighted by Crippen LogP contribution is -2.32. The maximum Gasteiger partial charge on any atom is 0.273 e. The summed E-state index contributed by atoms with van der Waals surface area (Å²) in [5.74, 6) is -0.115. The van der Waals surface area contributed by atoms with Gasteiger partial charge in [0.05, 0.1) is 18.3 Å². The molecule has 0 saturated carbocycles. The molecule has 1 atom stereocenters. The Bertz CT molecular complexity index is 790. The monoisotopic (exact) mass is 338 g/mol. The van der Waals surface area contributed by atoms with Gasteiger partial charge >= 0.3 is 0 Å². The highest BCUT2D eigenvalue weighted by Crippen LogP contribution is 2.33. The normalized spacial score (nSPS) is 16.7. The van der Waals surface area contributed by atoms with E-state index in [2.05, 4.69) is 15.3 Å². The molecule has 3 rings (SSSR count). The van der Waals surface area contributed by atoms with Crippen molar-refractivity contribution >= 4 is 11.8 Å². The summed E-state index contributed by atoms with van der Waals surface area (Å²) < 4.78 is 0. The van der Waals surface area contributed by atoms with Gasteiger partial charge in [0.1, 0.15) is 5.69 Å². The van der Waals surface area contributed by atoms with E-state index in [9.17, 15) is 9.59 Å². The first-order chi connectivity index (χ1) is 12.1. The smallest absolute Gasteiger partial charge is 0.273 e. The van der Waals surface area contributed by atoms with E-state index in [0.29, 0.717) is 12.2 Å². The van der Waals surface area contributed by atoms with E-state index in [1.54, 1.807) is 12.4 Å². The van der Waals surface area contributed by atoms with Crippen molar-refractivity contribution in [2.45, 2.75) is 39.3 Å². The van der Waals surface area contributed by atoms with Crippen LogP contribution in [0.25, 0.3) is 0 Å². The fourth-order valence-electron chi connectivity index (χ4n) is 3.22. The average molecular weight is 338 g/mol. The van der Waals surface area contributed by atoms with Crippen molar-refractivity contribution in [3.8, 4) is 0 Å². The summed E-state index contributed by atoms with van der Waals surface area (Å²) in [6, 6.07) is 7.68. The van der Waals surface area contributed by atoms with Gasteiger partial charge in [-0.1, -0.05) is 6.07 Å². The summed E-state index contributed by atoms with van der Waals surface area (Å²) in [4.78, 5) is 34.5. The Morgan fingerprint density at radius 2 is 2.12 bits per heavy atom. The lowest BCUT2D eigenvalue weighted by Gasteiger charge is -2.25. The maximum atomic E-state index is 12.9. The standard InChI is InChI=1S/C19H22N4O2/c1-13-5-3-8-21-18(13)19(25)23-10-4-6-17(23)15-7-9-20-16(11-15)12-22-14(2)24/h3,5,7-9,11,17H,4,6,10,12H2,1-2H3,(H,22,24)/t17-/m0/s1. The van der Waals surface area contributed by atoms with Gasteiger partial charge in [-0.15, -0.1) is 0 Å². The Morgan fingerprint density at radius 1 is 1.28 bits per heavy atom. The number of rotatable bonds is 4. The molecule has 1 N–H and O–H groups in total. The number of pyridine rings is 2. The molecule has 0 bridgehead atoms. The molecule has 1 saturated heterocycles. The van der Waals surface area contributed by atoms with Gasteiger partial charge in [0.2, 0.25) is 5.91 Å². The third kappa shape index (κ3) is 3.84. The molecule has 0 aliphatic carbocycles. The van der Waals surface area contributed by atoms with E-state index < -0.39 is 0 Å². The summed E-state index contributed by atoms with van der Waals surface area (Å²) in [7, 11) is 0. The van der Waals surface area contributed by atoms with Gasteiger partial charge in [-0.05, 0) is 49.1 Å². The zero-order valence-corrected chi connectivity index (χ0v) is 14.5. The third-order valence-corrected chi connectivity index (χ3v) is 4.47. The molecule has 6 heteroatoms. The summed E-state index contributed by atoms with van der Waals surface area (Å²) in [5, 5.41) is 2.75. The first kappa shape index (κ1) is 17.1. The molecule has 2 aromatic rings. The van der Waals surface area contributed by atoms with Crippen LogP contribution in [0.5, 0.6) is 0 Å². The van der Waals surface area contributed by atoms with Gasteiger partial charge in [0.15, 0.2) is 0 Å². The van der Waals surface area contributed by atoms with Gasteiger partial charge < -0.3 is 10.2 Å². The van der Waals surface area contributed by atoms with E-state index in [0.717, 1.165) is 36.2 Å². The average Bonchev–Trinajstić information content (AvgIpc) is 3.10. The first-order valence-electron chi connectivity index (χ1n) is 8.48. The number of nitrogens with one attached hydrogen (secondary N) is 1. The van der Waals surface area contributed by atoms with Crippen LogP contribution in [0.2, 0.25) is 0 Å². The van der Waals surface area contributed by atoms with E-state index in [1.165, 1.54) is 6.92 Å². The summed E-state index contributed by atoms with van der Waals surface area (Å²) in [6.45, 7) is 4.51. The fraction of sp³-hybridized carbons (Fsp3) is 0.368. The van der Waals surface area contributed by atoms with Gasteiger partial charge in [-0.3, -0.25) is 19.6 Å². The number of aryl methyl sites for hydroxylation is 1. The topological polar surface area (TPSA) is 75.2 Å². The number of amides is 2. The number of likely N-dealkylation sites (tertiary alicyclic amines) is 1. The van der Waals surface area contributed by atoms with Crippen molar-refractivity contribution in [1.82, 2.24) is 20.2 Å². The van der Waals surface area contributed by atoms with Crippen LogP contribution >= 0.6 is 0 Å². The maximum absolute atomic E-state index is 12.9. The van der Waals surface area contributed by atoms with Crippen LogP contribution in [0.1, 0.15) is 53.1 Å². The molecule has 25 heavy (non-hydrogen) atoms. The number of hydrogen-bond acceptors (Lipinski definition) is 4. The predicted molar refractivity (Wildman–Crippen MR) is 93.7 cm³/mol. The highest BCUT2D eigenvalue weighted by molar-refractivity contribution is 5.94. The molecule has 0 radical (unpaired) electrons. The van der Waals surface area contributed by atoms with Crippen molar-refractivity contribution in [3.63, 3.8) is 0 Å². The van der Waals surface area contributed by atoms with Gasteiger partial charge in [-0.25, -0.2) is 0 Å². The van der Waals surface area contributed by atoms with Crippen LogP contribution in [-0.4, -0.2) is 33.2 Å². The molecule has 0 spiro atoms. The predicted octanol–water partition coefficient (Wildman–Crippen LogP) is 2.40. The summed E-state index contributed by atoms with van der Waals surface area (Å²) >= 11 is 0. The van der Waals surface area contributed by atoms with Crippen molar-refractivity contribution in [1.29, 1.82) is 0 Å². The Labute approximate surface area is 147 Å². The molecular formula is C19H22N4O2. The minimum Gasteiger partial charge on any atom is -0.351 e. The Morgan fingerprint density at radius 3 is 2.88 bits per heavy atom. The second-order valence-corrected chi connectivity index (χ2v) is 6.32. The van der Waals surface area contributed by atoms with Crippen LogP contribution in [0.15, 0.2) is 36.7 Å². The molecule has 1 aliphatic rings. The highest BCUT2D eigenvalue weighted by atomic mass is 16.2. The number of hydrogen-bond donors (Lipinski definition) is 1. The lowest BCUT2D eigenvalue weighted by atomic mass is 10.0. The second kappa shape index (κ2) is 7.42. The van der Waals surface area contributed by atoms with Crippen LogP contribution in [0.3, 0.4) is 0 Å². The van der Waals surface area contributed by atoms with Crippen LogP contribution in [0.4, 0.5) is 0 Å². The first-order valence-corrected chi connectivity index (χ1v) is 8.48. The minimum atomic E-state index is -0.0875. The van der Waals surface area contributed by atoms with E-state index >= 15 is 0 Å². The Hall–Kier alpha value is -2.76. The summed E-state index contributed by atoms with van der Waals surface area (Å²) in [6.07, 6.45) is 5.27. The van der Waals surface area contributed by atoms with E-state index in [4.69, 9.17) is 0 Å². The van der Waals surface area contributed by atoms with Gasteiger partial charge in [0.25, 0.3) is 5.91 Å². The molecule has 0 unspecified atom stereocenters. The zero-order valence-electron chi connectivity index (χ0n) is 14.5. The molecule has 2 aromatic heterocycles. The fourth-order valence-corrected chi connectivity index (χ4v) is 3.22. The molecular weight excluding hydrogens is 316 g/mol. The molecule has 0 aromatic carbocycles. The van der Waals surface area contributed by atoms with Crippen LogP contribution in [-0.2, 0) is 11.3 Å². The van der Waals surface area contributed by atoms with Crippen molar-refractivity contribution in [3.05, 3.63) is 59.2 Å². The lowest BCUT2D eigenvalue weighted by molar-refractivity contribution is -0.119. The number of carbonyl (C=O) groups is 2. The van der Waals surface area contributed by atoms with Gasteiger partial charge in [0, 0.05) is 25.9 Å². The number of nitrogens with zero attached hydrogens (tertiary/aromatic N) is 3. The third-order valence-electron chi connectivity index (χ3n) is 4.47. The second-order valence-electron chi connectivity index (χ2n) is 6.32. The number of aromatic nitrogens is 2. The van der Waals surface area contributed by atoms with Crippen molar-refractivity contribution in [2.24, 2.45) is 0 Å². The zero-order chi connectivity index (χ0) is 17.8. The molecule has 130 valence electrons. The van der Waals surface area contributed by atoms with Crippen LogP contribution in [0, 0.1) is 6.92 Å². The molecule has 6 nitrogen and oxygen atoms in total. The minimum absolute atomic E-state index is 0.0213. The quantitative estimate of drug-likeness (QED) is 0.929. The molecule has 1 fully saturated rings. The van der Waals surface area contributed by atoms with Crippen molar-refractivity contribution < 1.29 is 9.59 Å². The van der Waals surface area contributed by atoms with Gasteiger partial charge in [-0.2, -0.15) is 0 Å². The molecule has 2 amide bonds.